The van der Waals surface area contributed by atoms with Crippen molar-refractivity contribution in [1.82, 2.24) is 14.4 Å². The second-order valence-corrected chi connectivity index (χ2v) is 9.47. The molecule has 1 heterocycles. The molecule has 0 spiro atoms. The molecule has 0 saturated heterocycles. The lowest BCUT2D eigenvalue weighted by atomic mass is 10.1. The Balaban J connectivity index is 1.73. The number of benzene rings is 1. The van der Waals surface area contributed by atoms with Crippen molar-refractivity contribution < 1.29 is 22.7 Å². The molecule has 0 aliphatic carbocycles. The Morgan fingerprint density at radius 1 is 1.16 bits per heavy atom. The molecule has 5 N–H and O–H groups in total. The van der Waals surface area contributed by atoms with Crippen molar-refractivity contribution in [2.45, 2.75) is 51.7 Å². The van der Waals surface area contributed by atoms with E-state index in [1.165, 1.54) is 0 Å². The van der Waals surface area contributed by atoms with Crippen LogP contribution in [0.15, 0.2) is 36.5 Å². The number of para-hydroxylation sites is 1. The number of fused-ring (bicyclic) bond motifs is 1. The van der Waals surface area contributed by atoms with Gasteiger partial charge in [-0.15, -0.1) is 0 Å². The largest absolute Gasteiger partial charge is 0.443 e. The van der Waals surface area contributed by atoms with Gasteiger partial charge in [-0.1, -0.05) is 24.6 Å². The number of hydrogen-bond acceptors (Lipinski definition) is 7. The summed E-state index contributed by atoms with van der Waals surface area (Å²) in [5.41, 5.74) is 6.41. The van der Waals surface area contributed by atoms with Gasteiger partial charge in [-0.3, -0.25) is 9.78 Å². The van der Waals surface area contributed by atoms with E-state index in [1.54, 1.807) is 37.8 Å². The number of unbranched alkanes of at least 4 members (excludes halogenated alkanes) is 1. The van der Waals surface area contributed by atoms with Crippen LogP contribution in [-0.4, -0.2) is 43.6 Å². The van der Waals surface area contributed by atoms with Crippen LogP contribution in [-0.2, 0) is 19.7 Å². The summed E-state index contributed by atoms with van der Waals surface area (Å²) in [6.07, 6.45) is 1.91. The molecule has 10 nitrogen and oxygen atoms in total. The SMILES string of the molecule is CC(C)(C)OC(=O)NS(=O)(=O)NCCCC[C@H](N)C(=O)Nc1cccc2cccnc12. The first-order valence-corrected chi connectivity index (χ1v) is 11.4. The van der Waals surface area contributed by atoms with Crippen molar-refractivity contribution in [3.8, 4) is 0 Å². The molecule has 1 atom stereocenters. The Labute approximate surface area is 182 Å². The molecule has 11 heteroatoms. The van der Waals surface area contributed by atoms with E-state index in [0.717, 1.165) is 5.39 Å². The predicted octanol–water partition coefficient (Wildman–Crippen LogP) is 2.03. The molecule has 0 unspecified atom stereocenters. The van der Waals surface area contributed by atoms with Crippen LogP contribution in [0.1, 0.15) is 40.0 Å². The number of anilines is 1. The summed E-state index contributed by atoms with van der Waals surface area (Å²) in [6.45, 7) is 4.97. The van der Waals surface area contributed by atoms with Crippen molar-refractivity contribution in [2.75, 3.05) is 11.9 Å². The Kier molecular flexibility index (Phi) is 8.31. The van der Waals surface area contributed by atoms with Crippen LogP contribution < -0.4 is 20.5 Å². The van der Waals surface area contributed by atoms with Crippen molar-refractivity contribution in [2.24, 2.45) is 5.73 Å². The number of nitrogens with zero attached hydrogens (tertiary/aromatic N) is 1. The highest BCUT2D eigenvalue weighted by atomic mass is 32.2. The standard InChI is InChI=1S/C20H29N5O5S/c1-20(2,3)30-19(27)25-31(28,29)23-13-5-4-10-15(21)18(26)24-16-11-6-8-14-9-7-12-22-17(14)16/h6-9,11-12,15,23H,4-5,10,13,21H2,1-3H3,(H,24,26)(H,25,27)/t15-/m0/s1. The first-order chi connectivity index (χ1) is 14.5. The van der Waals surface area contributed by atoms with Crippen molar-refractivity contribution >= 4 is 38.8 Å². The minimum Gasteiger partial charge on any atom is -0.443 e. The summed E-state index contributed by atoms with van der Waals surface area (Å²) in [4.78, 5) is 28.2. The molecular formula is C20H29N5O5S. The molecule has 0 fully saturated rings. The summed E-state index contributed by atoms with van der Waals surface area (Å²) in [5, 5.41) is 3.69. The molecule has 31 heavy (non-hydrogen) atoms. The Hall–Kier alpha value is -2.76. The number of hydrogen-bond donors (Lipinski definition) is 4. The zero-order chi connectivity index (χ0) is 23.1. The fourth-order valence-electron chi connectivity index (χ4n) is 2.70. The lowest BCUT2D eigenvalue weighted by Gasteiger charge is -2.19. The first kappa shape index (κ1) is 24.5. The number of ether oxygens (including phenoxy) is 1. The molecule has 0 bridgehead atoms. The van der Waals surface area contributed by atoms with Crippen LogP contribution >= 0.6 is 0 Å². The minimum absolute atomic E-state index is 0.0830. The molecule has 1 aromatic carbocycles. The Morgan fingerprint density at radius 2 is 1.87 bits per heavy atom. The van der Waals surface area contributed by atoms with Crippen LogP contribution in [0.3, 0.4) is 0 Å². The van der Waals surface area contributed by atoms with Crippen molar-refractivity contribution in [3.05, 3.63) is 36.5 Å². The average molecular weight is 452 g/mol. The lowest BCUT2D eigenvalue weighted by molar-refractivity contribution is -0.117. The number of nitrogens with two attached hydrogens (primary N) is 1. The first-order valence-electron chi connectivity index (χ1n) is 9.87. The fourth-order valence-corrected chi connectivity index (χ4v) is 3.45. The van der Waals surface area contributed by atoms with Gasteiger partial charge >= 0.3 is 16.3 Å². The molecule has 2 aromatic rings. The van der Waals surface area contributed by atoms with Gasteiger partial charge in [0.1, 0.15) is 5.60 Å². The van der Waals surface area contributed by atoms with E-state index in [9.17, 15) is 18.0 Å². The molecule has 1 aromatic heterocycles. The summed E-state index contributed by atoms with van der Waals surface area (Å²) in [7, 11) is -4.02. The maximum absolute atomic E-state index is 12.4. The molecule has 0 radical (unpaired) electrons. The molecule has 0 aliphatic heterocycles. The predicted molar refractivity (Wildman–Crippen MR) is 118 cm³/mol. The monoisotopic (exact) mass is 451 g/mol. The fraction of sp³-hybridized carbons (Fsp3) is 0.450. The van der Waals surface area contributed by atoms with Crippen LogP contribution in [0.2, 0.25) is 0 Å². The van der Waals surface area contributed by atoms with Crippen LogP contribution in [0, 0.1) is 0 Å². The summed E-state index contributed by atoms with van der Waals surface area (Å²) in [5.74, 6) is -0.342. The normalized spacial score (nSPS) is 12.9. The summed E-state index contributed by atoms with van der Waals surface area (Å²) < 4.78 is 32.6. The van der Waals surface area contributed by atoms with Crippen LogP contribution in [0.25, 0.3) is 10.9 Å². The number of aromatic nitrogens is 1. The van der Waals surface area contributed by atoms with E-state index in [1.807, 2.05) is 24.3 Å². The third-order valence-corrected chi connectivity index (χ3v) is 5.10. The highest BCUT2D eigenvalue weighted by Crippen LogP contribution is 2.20. The number of carbonyl (C=O) groups is 2. The van der Waals surface area contributed by atoms with E-state index in [0.29, 0.717) is 30.5 Å². The molecule has 2 rings (SSSR count). The van der Waals surface area contributed by atoms with Gasteiger partial charge in [0.2, 0.25) is 5.91 Å². The van der Waals surface area contributed by atoms with Gasteiger partial charge in [0.25, 0.3) is 0 Å². The molecule has 2 amide bonds. The minimum atomic E-state index is -4.02. The maximum Gasteiger partial charge on any atom is 0.422 e. The number of nitrogens with one attached hydrogen (secondary N) is 3. The van der Waals surface area contributed by atoms with Gasteiger partial charge in [-0.25, -0.2) is 9.52 Å². The quantitative estimate of drug-likeness (QED) is 0.426. The summed E-state index contributed by atoms with van der Waals surface area (Å²) >= 11 is 0. The number of pyridine rings is 1. The third kappa shape index (κ3) is 8.48. The highest BCUT2D eigenvalue weighted by molar-refractivity contribution is 7.88. The molecular weight excluding hydrogens is 422 g/mol. The Morgan fingerprint density at radius 3 is 2.58 bits per heavy atom. The molecule has 0 saturated carbocycles. The second-order valence-electron chi connectivity index (χ2n) is 7.97. The zero-order valence-electron chi connectivity index (χ0n) is 17.8. The van der Waals surface area contributed by atoms with E-state index in [4.69, 9.17) is 10.5 Å². The van der Waals surface area contributed by atoms with Gasteiger partial charge in [-0.05, 0) is 45.7 Å². The van der Waals surface area contributed by atoms with Gasteiger partial charge in [0.15, 0.2) is 0 Å². The third-order valence-electron chi connectivity index (χ3n) is 4.08. The topological polar surface area (TPSA) is 153 Å². The van der Waals surface area contributed by atoms with Crippen LogP contribution in [0.5, 0.6) is 0 Å². The van der Waals surface area contributed by atoms with Gasteiger partial charge in [0.05, 0.1) is 17.2 Å². The summed E-state index contributed by atoms with van der Waals surface area (Å²) in [6, 6.07) is 8.44. The zero-order valence-corrected chi connectivity index (χ0v) is 18.7. The smallest absolute Gasteiger partial charge is 0.422 e. The van der Waals surface area contributed by atoms with E-state index >= 15 is 0 Å². The van der Waals surface area contributed by atoms with Gasteiger partial charge in [0, 0.05) is 18.1 Å². The van der Waals surface area contributed by atoms with Crippen LogP contribution in [0.4, 0.5) is 10.5 Å². The van der Waals surface area contributed by atoms with Gasteiger partial charge in [-0.2, -0.15) is 13.1 Å². The van der Waals surface area contributed by atoms with E-state index in [-0.39, 0.29) is 12.5 Å². The molecule has 170 valence electrons. The second kappa shape index (κ2) is 10.5. The number of carbonyl (C=O) groups excluding carboxylic acids is 2. The lowest BCUT2D eigenvalue weighted by Crippen LogP contribution is -2.43. The van der Waals surface area contributed by atoms with Crippen molar-refractivity contribution in [1.29, 1.82) is 0 Å². The molecule has 0 aliphatic rings. The number of amides is 2. The average Bonchev–Trinajstić information content (AvgIpc) is 2.65. The van der Waals surface area contributed by atoms with E-state index < -0.39 is 27.9 Å². The van der Waals surface area contributed by atoms with Gasteiger partial charge < -0.3 is 15.8 Å². The highest BCUT2D eigenvalue weighted by Gasteiger charge is 2.21. The Bertz CT molecular complexity index is 1010. The van der Waals surface area contributed by atoms with E-state index in [2.05, 4.69) is 15.0 Å². The number of rotatable bonds is 9. The maximum atomic E-state index is 12.4. The van der Waals surface area contributed by atoms with Crippen molar-refractivity contribution in [3.63, 3.8) is 0 Å².